The van der Waals surface area contributed by atoms with Crippen molar-refractivity contribution in [1.29, 1.82) is 0 Å². The minimum atomic E-state index is 0.287. The van der Waals surface area contributed by atoms with Crippen molar-refractivity contribution in [2.24, 2.45) is 0 Å². The molecule has 3 nitrogen and oxygen atoms in total. The number of hydrogen-bond donors (Lipinski definition) is 0. The molecule has 17 heavy (non-hydrogen) atoms. The van der Waals surface area contributed by atoms with E-state index in [0.717, 1.165) is 28.7 Å². The molecule has 1 aliphatic rings. The van der Waals surface area contributed by atoms with Gasteiger partial charge in [0.1, 0.15) is 0 Å². The van der Waals surface area contributed by atoms with Crippen LogP contribution in [-0.4, -0.2) is 39.5 Å². The largest absolute Gasteiger partial charge is 0.382 e. The first-order chi connectivity index (χ1) is 8.20. The molecule has 0 aliphatic carbocycles. The number of hydrogen-bond acceptors (Lipinski definition) is 3. The molecule has 5 heteroatoms. The average molecular weight is 365 g/mol. The Balaban J connectivity index is 2.22. The molecule has 0 spiro atoms. The van der Waals surface area contributed by atoms with Gasteiger partial charge in [0.2, 0.25) is 0 Å². The van der Waals surface area contributed by atoms with Crippen LogP contribution in [0.3, 0.4) is 0 Å². The number of anilines is 1. The van der Waals surface area contributed by atoms with Crippen molar-refractivity contribution in [2.75, 3.05) is 38.4 Å². The van der Waals surface area contributed by atoms with Gasteiger partial charge in [0.05, 0.1) is 25.9 Å². The quantitative estimate of drug-likeness (QED) is 0.822. The van der Waals surface area contributed by atoms with Crippen molar-refractivity contribution in [3.63, 3.8) is 0 Å². The molecule has 1 saturated heterocycles. The van der Waals surface area contributed by atoms with Crippen molar-refractivity contribution in [2.45, 2.75) is 6.04 Å². The summed E-state index contributed by atoms with van der Waals surface area (Å²) >= 11 is 7.04. The van der Waals surface area contributed by atoms with Gasteiger partial charge in [-0.05, 0) is 18.2 Å². The molecule has 0 bridgehead atoms. The molecule has 1 fully saturated rings. The van der Waals surface area contributed by atoms with Gasteiger partial charge in [-0.2, -0.15) is 0 Å². The maximum Gasteiger partial charge on any atom is 0.0758 e. The standard InChI is InChI=1S/C12H15Br2NO2/c1-16-7-12-8-17-3-2-15(12)11-5-9(13)4-10(14)6-11/h4-6,12H,2-3,7-8H2,1H3/t12-/m1/s1. The van der Waals surface area contributed by atoms with Crippen molar-refractivity contribution >= 4 is 37.5 Å². The maximum absolute atomic E-state index is 5.50. The molecule has 94 valence electrons. The first-order valence-corrected chi connectivity index (χ1v) is 7.08. The predicted molar refractivity (Wildman–Crippen MR) is 75.7 cm³/mol. The Morgan fingerprint density at radius 1 is 1.35 bits per heavy atom. The summed E-state index contributed by atoms with van der Waals surface area (Å²) in [6.07, 6.45) is 0. The van der Waals surface area contributed by atoms with Crippen LogP contribution in [0.4, 0.5) is 5.69 Å². The second-order valence-corrected chi connectivity index (χ2v) is 5.84. The SMILES string of the molecule is COC[C@@H]1COCCN1c1cc(Br)cc(Br)c1. The number of morpholine rings is 1. The fourth-order valence-electron chi connectivity index (χ4n) is 2.03. The zero-order valence-electron chi connectivity index (χ0n) is 9.66. The van der Waals surface area contributed by atoms with E-state index in [-0.39, 0.29) is 6.04 Å². The minimum absolute atomic E-state index is 0.287. The Bertz CT molecular complexity index is 365. The van der Waals surface area contributed by atoms with Gasteiger partial charge in [-0.1, -0.05) is 31.9 Å². The molecule has 0 unspecified atom stereocenters. The molecule has 1 aromatic carbocycles. The molecule has 1 aliphatic heterocycles. The molecule has 1 atom stereocenters. The van der Waals surface area contributed by atoms with Crippen LogP contribution >= 0.6 is 31.9 Å². The normalized spacial score (nSPS) is 20.6. The van der Waals surface area contributed by atoms with E-state index in [9.17, 15) is 0 Å². The number of ether oxygens (including phenoxy) is 2. The molecule has 0 amide bonds. The highest BCUT2D eigenvalue weighted by atomic mass is 79.9. The Morgan fingerprint density at radius 3 is 2.71 bits per heavy atom. The van der Waals surface area contributed by atoms with Crippen LogP contribution in [-0.2, 0) is 9.47 Å². The summed E-state index contributed by atoms with van der Waals surface area (Å²) in [5.74, 6) is 0. The average Bonchev–Trinajstić information content (AvgIpc) is 2.29. The lowest BCUT2D eigenvalue weighted by atomic mass is 10.2. The molecule has 1 aromatic rings. The van der Waals surface area contributed by atoms with Gasteiger partial charge >= 0.3 is 0 Å². The van der Waals surface area contributed by atoms with Gasteiger partial charge in [-0.25, -0.2) is 0 Å². The fourth-order valence-corrected chi connectivity index (χ4v) is 3.30. The summed E-state index contributed by atoms with van der Waals surface area (Å²) in [5.41, 5.74) is 1.19. The highest BCUT2D eigenvalue weighted by molar-refractivity contribution is 9.11. The lowest BCUT2D eigenvalue weighted by molar-refractivity contribution is 0.0602. The Labute approximate surface area is 118 Å². The number of rotatable bonds is 3. The lowest BCUT2D eigenvalue weighted by Crippen LogP contribution is -2.48. The van der Waals surface area contributed by atoms with E-state index in [2.05, 4.69) is 48.9 Å². The molecule has 0 aromatic heterocycles. The van der Waals surface area contributed by atoms with Crippen molar-refractivity contribution < 1.29 is 9.47 Å². The van der Waals surface area contributed by atoms with Gasteiger partial charge in [0, 0.05) is 28.3 Å². The first-order valence-electron chi connectivity index (χ1n) is 5.50. The highest BCUT2D eigenvalue weighted by Crippen LogP contribution is 2.28. The van der Waals surface area contributed by atoms with Crippen molar-refractivity contribution in [3.05, 3.63) is 27.1 Å². The van der Waals surface area contributed by atoms with Gasteiger partial charge < -0.3 is 14.4 Å². The van der Waals surface area contributed by atoms with E-state index in [0.29, 0.717) is 6.61 Å². The molecule has 1 heterocycles. The summed E-state index contributed by atoms with van der Waals surface area (Å²) in [7, 11) is 1.73. The van der Waals surface area contributed by atoms with E-state index in [1.54, 1.807) is 7.11 Å². The second-order valence-electron chi connectivity index (χ2n) is 4.01. The highest BCUT2D eigenvalue weighted by Gasteiger charge is 2.23. The van der Waals surface area contributed by atoms with E-state index < -0.39 is 0 Å². The first kappa shape index (κ1) is 13.3. The van der Waals surface area contributed by atoms with Crippen LogP contribution < -0.4 is 4.90 Å². The molecule has 0 radical (unpaired) electrons. The van der Waals surface area contributed by atoms with E-state index in [1.807, 2.05) is 6.07 Å². The van der Waals surface area contributed by atoms with Crippen LogP contribution in [0.15, 0.2) is 27.1 Å². The Hall–Kier alpha value is -0.100. The molecular weight excluding hydrogens is 350 g/mol. The summed E-state index contributed by atoms with van der Waals surface area (Å²) in [5, 5.41) is 0. The molecule has 0 N–H and O–H groups in total. The predicted octanol–water partition coefficient (Wildman–Crippen LogP) is 3.06. The monoisotopic (exact) mass is 363 g/mol. The third-order valence-electron chi connectivity index (χ3n) is 2.77. The minimum Gasteiger partial charge on any atom is -0.382 e. The number of methoxy groups -OCH3 is 1. The zero-order valence-corrected chi connectivity index (χ0v) is 12.8. The third-order valence-corrected chi connectivity index (χ3v) is 3.68. The summed E-state index contributed by atoms with van der Waals surface area (Å²) in [6, 6.07) is 6.57. The molecular formula is C12H15Br2NO2. The maximum atomic E-state index is 5.50. The van der Waals surface area contributed by atoms with Gasteiger partial charge in [0.15, 0.2) is 0 Å². The van der Waals surface area contributed by atoms with Crippen LogP contribution in [0.25, 0.3) is 0 Å². The van der Waals surface area contributed by atoms with E-state index in [4.69, 9.17) is 9.47 Å². The number of benzene rings is 1. The lowest BCUT2D eigenvalue weighted by Gasteiger charge is -2.37. The molecule has 0 saturated carbocycles. The van der Waals surface area contributed by atoms with E-state index in [1.165, 1.54) is 5.69 Å². The van der Waals surface area contributed by atoms with Gasteiger partial charge in [0.25, 0.3) is 0 Å². The fraction of sp³-hybridized carbons (Fsp3) is 0.500. The van der Waals surface area contributed by atoms with E-state index >= 15 is 0 Å². The van der Waals surface area contributed by atoms with Crippen LogP contribution in [0.2, 0.25) is 0 Å². The Morgan fingerprint density at radius 2 is 2.06 bits per heavy atom. The van der Waals surface area contributed by atoms with Crippen molar-refractivity contribution in [3.8, 4) is 0 Å². The summed E-state index contributed by atoms with van der Waals surface area (Å²) < 4.78 is 12.9. The van der Waals surface area contributed by atoms with Gasteiger partial charge in [-0.3, -0.25) is 0 Å². The summed E-state index contributed by atoms with van der Waals surface area (Å²) in [6.45, 7) is 3.07. The van der Waals surface area contributed by atoms with Gasteiger partial charge in [-0.15, -0.1) is 0 Å². The topological polar surface area (TPSA) is 21.7 Å². The Kier molecular flexibility index (Phi) is 4.85. The smallest absolute Gasteiger partial charge is 0.0758 e. The van der Waals surface area contributed by atoms with Crippen LogP contribution in [0.1, 0.15) is 0 Å². The molecule has 2 rings (SSSR count). The zero-order chi connectivity index (χ0) is 12.3. The number of nitrogens with zero attached hydrogens (tertiary/aromatic N) is 1. The summed E-state index contributed by atoms with van der Waals surface area (Å²) in [4.78, 5) is 2.34. The second kappa shape index (κ2) is 6.18. The number of halogens is 2. The van der Waals surface area contributed by atoms with Crippen LogP contribution in [0.5, 0.6) is 0 Å². The van der Waals surface area contributed by atoms with Crippen LogP contribution in [0, 0.1) is 0 Å². The van der Waals surface area contributed by atoms with Crippen molar-refractivity contribution in [1.82, 2.24) is 0 Å². The third kappa shape index (κ3) is 3.44.